The van der Waals surface area contributed by atoms with Crippen LogP contribution in [0.25, 0.3) is 6.08 Å². The molecular weight excluding hydrogens is 640 g/mol. The molecule has 3 rings (SSSR count). The van der Waals surface area contributed by atoms with Crippen LogP contribution < -0.4 is 16.4 Å². The van der Waals surface area contributed by atoms with Crippen molar-refractivity contribution in [1.29, 1.82) is 0 Å². The molecule has 0 radical (unpaired) electrons. The van der Waals surface area contributed by atoms with Gasteiger partial charge in [-0.1, -0.05) is 56.3 Å². The number of aryl methyl sites for hydroxylation is 1. The van der Waals surface area contributed by atoms with E-state index in [0.29, 0.717) is 6.54 Å². The van der Waals surface area contributed by atoms with E-state index in [1.807, 2.05) is 97.0 Å². The predicted molar refractivity (Wildman–Crippen MR) is 208 cm³/mol. The highest BCUT2D eigenvalue weighted by Crippen LogP contribution is 2.39. The maximum atomic E-state index is 11.5. The van der Waals surface area contributed by atoms with Crippen molar-refractivity contribution in [3.8, 4) is 12.8 Å². The minimum absolute atomic E-state index is 0.137. The van der Waals surface area contributed by atoms with Gasteiger partial charge in [-0.15, -0.1) is 12.8 Å². The van der Waals surface area contributed by atoms with Gasteiger partial charge in [0.1, 0.15) is 11.2 Å². The largest absolute Gasteiger partial charge is 0.444 e. The Morgan fingerprint density at radius 2 is 1.80 bits per heavy atom. The van der Waals surface area contributed by atoms with E-state index in [2.05, 4.69) is 41.1 Å². The van der Waals surface area contributed by atoms with Gasteiger partial charge in [0, 0.05) is 58.0 Å². The van der Waals surface area contributed by atoms with Gasteiger partial charge in [-0.2, -0.15) is 0 Å². The van der Waals surface area contributed by atoms with E-state index in [0.717, 1.165) is 62.4 Å². The smallest absolute Gasteiger partial charge is 0.410 e. The lowest BCUT2D eigenvalue weighted by molar-refractivity contribution is 0.0530. The van der Waals surface area contributed by atoms with Crippen molar-refractivity contribution in [3.05, 3.63) is 77.6 Å². The monoisotopic (exact) mass is 700 g/mol. The third-order valence-electron chi connectivity index (χ3n) is 6.18. The zero-order chi connectivity index (χ0) is 37.7. The third kappa shape index (κ3) is 26.4. The van der Waals surface area contributed by atoms with Crippen molar-refractivity contribution in [2.45, 2.75) is 78.4 Å². The van der Waals surface area contributed by atoms with Crippen LogP contribution in [0.1, 0.15) is 71.9 Å². The number of terminal acetylenes is 1. The van der Waals surface area contributed by atoms with Gasteiger partial charge >= 0.3 is 12.2 Å². The predicted octanol–water partition coefficient (Wildman–Crippen LogP) is 7.42. The third-order valence-corrected chi connectivity index (χ3v) is 6.42. The molecule has 49 heavy (non-hydrogen) atoms. The lowest BCUT2D eigenvalue weighted by Gasteiger charge is -2.27. The van der Waals surface area contributed by atoms with Crippen molar-refractivity contribution in [2.24, 2.45) is 10.7 Å². The van der Waals surface area contributed by atoms with E-state index in [1.54, 1.807) is 23.5 Å². The molecule has 2 amide bonds. The van der Waals surface area contributed by atoms with Crippen molar-refractivity contribution in [1.82, 2.24) is 20.4 Å². The number of aliphatic imine (C=N–C) groups is 1. The van der Waals surface area contributed by atoms with Crippen LogP contribution in [0.3, 0.4) is 0 Å². The Morgan fingerprint density at radius 3 is 2.33 bits per heavy atom. The maximum absolute atomic E-state index is 11.5. The number of nitrogens with one attached hydrogen (secondary N) is 2. The number of hydrogen-bond acceptors (Lipinski definition) is 7. The summed E-state index contributed by atoms with van der Waals surface area (Å²) >= 11 is 5.91. The summed E-state index contributed by atoms with van der Waals surface area (Å²) in [5.41, 5.74) is 7.00. The van der Waals surface area contributed by atoms with Gasteiger partial charge in [0.25, 0.3) is 0 Å². The second-order valence-electron chi connectivity index (χ2n) is 11.9. The minimum atomic E-state index is -0.461. The number of benzene rings is 1. The number of carbonyl (C=O) groups is 2. The summed E-state index contributed by atoms with van der Waals surface area (Å²) in [6.07, 6.45) is 25.7. The summed E-state index contributed by atoms with van der Waals surface area (Å²) in [7, 11) is 3.77. The number of halogens is 1. The van der Waals surface area contributed by atoms with Gasteiger partial charge < -0.3 is 35.6 Å². The molecule has 1 aromatic carbocycles. The first-order valence-corrected chi connectivity index (χ1v) is 16.9. The highest BCUT2D eigenvalue weighted by atomic mass is 35.5. The van der Waals surface area contributed by atoms with Gasteiger partial charge in [0.15, 0.2) is 0 Å². The maximum Gasteiger partial charge on any atom is 0.410 e. The Labute approximate surface area is 301 Å². The summed E-state index contributed by atoms with van der Waals surface area (Å²) in [4.78, 5) is 30.3. The minimum Gasteiger partial charge on any atom is -0.444 e. The topological polar surface area (TPSA) is 122 Å². The van der Waals surface area contributed by atoms with Crippen LogP contribution in [0.15, 0.2) is 66.5 Å². The highest BCUT2D eigenvalue weighted by molar-refractivity contribution is 6.30. The molecule has 274 valence electrons. The molecule has 0 aromatic heterocycles. The first-order chi connectivity index (χ1) is 23.3. The van der Waals surface area contributed by atoms with Gasteiger partial charge in [-0.3, -0.25) is 0 Å². The van der Waals surface area contributed by atoms with Gasteiger partial charge in [0.05, 0.1) is 6.34 Å². The number of ether oxygens (including phenoxy) is 2. The Hall–Kier alpha value is -4.20. The van der Waals surface area contributed by atoms with E-state index in [1.165, 1.54) is 11.8 Å². The van der Waals surface area contributed by atoms with E-state index < -0.39 is 11.7 Å². The van der Waals surface area contributed by atoms with Gasteiger partial charge in [-0.25, -0.2) is 14.6 Å². The first-order valence-electron chi connectivity index (χ1n) is 16.6. The van der Waals surface area contributed by atoms with Crippen LogP contribution >= 0.6 is 11.6 Å². The fourth-order valence-electron chi connectivity index (χ4n) is 3.60. The number of allylic oxidation sites excluding steroid dienone is 3. The zero-order valence-corrected chi connectivity index (χ0v) is 31.8. The Bertz CT molecular complexity index is 1210. The van der Waals surface area contributed by atoms with E-state index in [9.17, 15) is 9.59 Å². The van der Waals surface area contributed by atoms with Crippen LogP contribution in [0.5, 0.6) is 0 Å². The van der Waals surface area contributed by atoms with E-state index in [-0.39, 0.29) is 11.7 Å². The fourth-order valence-corrected chi connectivity index (χ4v) is 3.78. The van der Waals surface area contributed by atoms with Crippen molar-refractivity contribution in [3.63, 3.8) is 0 Å². The van der Waals surface area contributed by atoms with Gasteiger partial charge in [0.2, 0.25) is 0 Å². The number of alkyl carbamates (subject to hydrolysis) is 1. The van der Waals surface area contributed by atoms with E-state index >= 15 is 0 Å². The first kappa shape index (κ1) is 46.9. The summed E-state index contributed by atoms with van der Waals surface area (Å²) in [5.74, 6) is 0. The van der Waals surface area contributed by atoms with Crippen LogP contribution in [0.2, 0.25) is 5.02 Å². The lowest BCUT2D eigenvalue weighted by atomic mass is 10.0. The normalized spacial score (nSPS) is 14.6. The molecule has 1 aliphatic carbocycles. The molecular formula is C38H61ClN6O4. The van der Waals surface area contributed by atoms with Gasteiger partial charge in [-0.05, 0) is 95.0 Å². The van der Waals surface area contributed by atoms with Crippen molar-refractivity contribution < 1.29 is 19.1 Å². The Kier molecular flexibility index (Phi) is 26.5. The Morgan fingerprint density at radius 1 is 1.16 bits per heavy atom. The second kappa shape index (κ2) is 27.7. The standard InChI is InChI=1S/C14H16ClN.C11H21N3O2.C9H16N2O2.C2H6.C2H2/c1-2-12-11-14(15)9-8-13(12)7-5-3-4-6-10-16;1-11(2,3)16-10(15)13-8-6-7-12-9-14(4)5;1-9(2-3-9)13-8(12)11-6-4-10-5-7-11;2*1-2/h2-4,6,8-11H,1,5,7,16H2;6-7,9H,8H2,1-5H3,(H,13,15);10H,2-7H2,1H3;1-2H3;1-2H/b4-3-,10-6-;7-6+,12-9?;;;. The molecule has 1 saturated carbocycles. The van der Waals surface area contributed by atoms with E-state index in [4.69, 9.17) is 26.8 Å². The summed E-state index contributed by atoms with van der Waals surface area (Å²) in [6.45, 7) is 19.0. The highest BCUT2D eigenvalue weighted by Gasteiger charge is 2.42. The quantitative estimate of drug-likeness (QED) is 0.101. The molecule has 1 aromatic rings. The Balaban J connectivity index is 0. The number of nitrogens with two attached hydrogens (primary N) is 1. The van der Waals surface area contributed by atoms with Crippen LogP contribution in [0.4, 0.5) is 9.59 Å². The summed E-state index contributed by atoms with van der Waals surface area (Å²) in [5, 5.41) is 6.54. The number of hydrogen-bond donors (Lipinski definition) is 3. The number of carbonyl (C=O) groups excluding carboxylic acids is 2. The molecule has 1 aliphatic heterocycles. The number of amides is 2. The number of rotatable bonds is 10. The lowest BCUT2D eigenvalue weighted by Crippen LogP contribution is -2.47. The molecule has 0 unspecified atom stereocenters. The van der Waals surface area contributed by atoms with Crippen LogP contribution in [-0.4, -0.2) is 86.3 Å². The average Bonchev–Trinajstić information content (AvgIpc) is 3.81. The summed E-state index contributed by atoms with van der Waals surface area (Å²) < 4.78 is 10.4. The molecule has 0 bridgehead atoms. The SMILES string of the molecule is C#C.C=Cc1cc(Cl)ccc1CC/C=C\C=C/N.CC.CC1(OC(=O)N2CCNCC2)CC1.CN(C)C=N/C=C/CNC(=O)OC(C)(C)C. The van der Waals surface area contributed by atoms with Crippen LogP contribution in [0, 0.1) is 12.8 Å². The fraction of sp³-hybridized carbons (Fsp3) is 0.500. The molecule has 2 fully saturated rings. The molecule has 1 saturated heterocycles. The molecule has 2 aliphatic rings. The van der Waals surface area contributed by atoms with Crippen molar-refractivity contribution in [2.75, 3.05) is 46.8 Å². The average molecular weight is 701 g/mol. The summed E-state index contributed by atoms with van der Waals surface area (Å²) in [6, 6.07) is 5.90. The molecule has 11 heteroatoms. The van der Waals surface area contributed by atoms with Crippen molar-refractivity contribution >= 4 is 36.2 Å². The number of piperazine rings is 1. The molecule has 4 N–H and O–H groups in total. The second-order valence-corrected chi connectivity index (χ2v) is 12.4. The number of nitrogens with zero attached hydrogens (tertiary/aromatic N) is 3. The zero-order valence-electron chi connectivity index (χ0n) is 31.0. The van der Waals surface area contributed by atoms with Crippen LogP contribution in [-0.2, 0) is 15.9 Å². The molecule has 1 heterocycles. The molecule has 0 spiro atoms. The molecule has 10 nitrogen and oxygen atoms in total. The molecule has 0 atom stereocenters.